The van der Waals surface area contributed by atoms with E-state index in [1.165, 1.54) is 31.4 Å². The minimum Gasteiger partial charge on any atom is -0.493 e. The molecule has 0 atom stereocenters. The van der Waals surface area contributed by atoms with E-state index in [-0.39, 0.29) is 19.4 Å². The van der Waals surface area contributed by atoms with E-state index in [2.05, 4.69) is 0 Å². The summed E-state index contributed by atoms with van der Waals surface area (Å²) in [5, 5.41) is 8.58. The predicted molar refractivity (Wildman–Crippen MR) is 97.0 cm³/mol. The lowest BCUT2D eigenvalue weighted by Gasteiger charge is -2.25. The Morgan fingerprint density at radius 3 is 2.44 bits per heavy atom. The van der Waals surface area contributed by atoms with Crippen molar-refractivity contribution < 1.29 is 28.2 Å². The first-order valence-electron chi connectivity index (χ1n) is 9.10. The fourth-order valence-corrected chi connectivity index (χ4v) is 2.90. The number of aliphatic carboxylic acids is 1. The fourth-order valence-electron chi connectivity index (χ4n) is 2.90. The Balaban J connectivity index is 1.68. The Hall–Kier alpha value is -2.63. The molecule has 3 rings (SSSR count). The van der Waals surface area contributed by atoms with Crippen LogP contribution in [-0.4, -0.2) is 24.3 Å². The molecule has 0 amide bonds. The fraction of sp³-hybridized carbons (Fsp3) is 0.381. The molecule has 0 radical (unpaired) electrons. The summed E-state index contributed by atoms with van der Waals surface area (Å²) in [5.74, 6) is -1.83. The van der Waals surface area contributed by atoms with E-state index < -0.39 is 23.4 Å². The molecule has 1 aliphatic carbocycles. The van der Waals surface area contributed by atoms with Gasteiger partial charge in [0.05, 0.1) is 13.2 Å². The predicted octanol–water partition coefficient (Wildman–Crippen LogP) is 5.05. The number of carboxylic acids is 1. The number of halogens is 2. The summed E-state index contributed by atoms with van der Waals surface area (Å²) in [4.78, 5) is 10.5. The SMILES string of the molecule is O=C(O)CCCOc1c(F)cc(-c2cccc(OCC3CCC3)c2)cc1F. The number of ether oxygens (including phenoxy) is 2. The monoisotopic (exact) mass is 376 g/mol. The molecular formula is C21H22F2O4. The average molecular weight is 376 g/mol. The van der Waals surface area contributed by atoms with E-state index in [1.807, 2.05) is 6.07 Å². The van der Waals surface area contributed by atoms with Gasteiger partial charge in [-0.05, 0) is 60.6 Å². The van der Waals surface area contributed by atoms with Gasteiger partial charge in [-0.15, -0.1) is 0 Å². The first kappa shape index (κ1) is 19.1. The van der Waals surface area contributed by atoms with Crippen LogP contribution in [0.15, 0.2) is 36.4 Å². The van der Waals surface area contributed by atoms with Gasteiger partial charge in [-0.3, -0.25) is 4.79 Å². The van der Waals surface area contributed by atoms with Gasteiger partial charge in [0.1, 0.15) is 5.75 Å². The summed E-state index contributed by atoms with van der Waals surface area (Å²) in [6, 6.07) is 9.56. The largest absolute Gasteiger partial charge is 0.493 e. The molecule has 6 heteroatoms. The third kappa shape index (κ3) is 5.18. The number of carbonyl (C=O) groups is 1. The van der Waals surface area contributed by atoms with Crippen LogP contribution in [0.2, 0.25) is 0 Å². The van der Waals surface area contributed by atoms with Crippen LogP contribution in [-0.2, 0) is 4.79 Å². The van der Waals surface area contributed by atoms with Crippen LogP contribution in [0.25, 0.3) is 11.1 Å². The Kier molecular flexibility index (Phi) is 6.27. The minimum absolute atomic E-state index is 0.0655. The summed E-state index contributed by atoms with van der Waals surface area (Å²) in [6.07, 6.45) is 3.68. The second-order valence-corrected chi connectivity index (χ2v) is 6.75. The molecule has 0 aromatic heterocycles. The highest BCUT2D eigenvalue weighted by molar-refractivity contribution is 5.67. The zero-order chi connectivity index (χ0) is 19.2. The lowest BCUT2D eigenvalue weighted by Crippen LogP contribution is -2.19. The van der Waals surface area contributed by atoms with Gasteiger partial charge in [-0.1, -0.05) is 18.6 Å². The van der Waals surface area contributed by atoms with Gasteiger partial charge < -0.3 is 14.6 Å². The molecule has 144 valence electrons. The zero-order valence-corrected chi connectivity index (χ0v) is 14.9. The van der Waals surface area contributed by atoms with Crippen LogP contribution >= 0.6 is 0 Å². The standard InChI is InChI=1S/C21H22F2O4/c22-18-11-16(12-19(23)21(18)26-9-3-8-20(24)25)15-6-2-7-17(10-15)27-13-14-4-1-5-14/h2,6-7,10-12,14H,1,3-5,8-9,13H2,(H,24,25). The van der Waals surface area contributed by atoms with Crippen molar-refractivity contribution in [2.75, 3.05) is 13.2 Å². The molecule has 2 aromatic carbocycles. The zero-order valence-electron chi connectivity index (χ0n) is 14.9. The number of rotatable bonds is 9. The van der Waals surface area contributed by atoms with E-state index >= 15 is 0 Å². The van der Waals surface area contributed by atoms with Crippen molar-refractivity contribution >= 4 is 5.97 Å². The maximum atomic E-state index is 14.3. The number of hydrogen-bond acceptors (Lipinski definition) is 3. The van der Waals surface area contributed by atoms with Crippen molar-refractivity contribution in [2.24, 2.45) is 5.92 Å². The van der Waals surface area contributed by atoms with Gasteiger partial charge in [0.25, 0.3) is 0 Å². The van der Waals surface area contributed by atoms with E-state index in [1.54, 1.807) is 18.2 Å². The van der Waals surface area contributed by atoms with E-state index in [4.69, 9.17) is 14.6 Å². The summed E-state index contributed by atoms with van der Waals surface area (Å²) in [7, 11) is 0. The van der Waals surface area contributed by atoms with Crippen molar-refractivity contribution in [3.63, 3.8) is 0 Å². The van der Waals surface area contributed by atoms with Crippen molar-refractivity contribution in [1.29, 1.82) is 0 Å². The number of benzene rings is 2. The highest BCUT2D eigenvalue weighted by atomic mass is 19.1. The summed E-state index contributed by atoms with van der Waals surface area (Å²) >= 11 is 0. The molecule has 0 heterocycles. The maximum Gasteiger partial charge on any atom is 0.303 e. The summed E-state index contributed by atoms with van der Waals surface area (Å²) in [5.41, 5.74) is 1.04. The van der Waals surface area contributed by atoms with Gasteiger partial charge in [0, 0.05) is 6.42 Å². The first-order chi connectivity index (χ1) is 13.0. The molecule has 1 fully saturated rings. The van der Waals surface area contributed by atoms with E-state index in [0.717, 1.165) is 0 Å². The first-order valence-corrected chi connectivity index (χ1v) is 9.10. The molecule has 1 saturated carbocycles. The number of hydrogen-bond donors (Lipinski definition) is 1. The van der Waals surface area contributed by atoms with E-state index in [0.29, 0.717) is 29.4 Å². The van der Waals surface area contributed by atoms with Gasteiger partial charge in [0.15, 0.2) is 17.4 Å². The highest BCUT2D eigenvalue weighted by Gasteiger charge is 2.18. The molecule has 2 aromatic rings. The quantitative estimate of drug-likeness (QED) is 0.622. The molecule has 1 N–H and O–H groups in total. The lowest BCUT2D eigenvalue weighted by molar-refractivity contribution is -0.137. The summed E-state index contributed by atoms with van der Waals surface area (Å²) in [6.45, 7) is 0.597. The van der Waals surface area contributed by atoms with Crippen molar-refractivity contribution in [1.82, 2.24) is 0 Å². The van der Waals surface area contributed by atoms with Gasteiger partial charge in [-0.25, -0.2) is 8.78 Å². The average Bonchev–Trinajstić information content (AvgIpc) is 2.59. The normalized spacial score (nSPS) is 13.9. The van der Waals surface area contributed by atoms with Crippen molar-refractivity contribution in [3.05, 3.63) is 48.0 Å². The maximum absolute atomic E-state index is 14.3. The molecule has 0 saturated heterocycles. The van der Waals surface area contributed by atoms with Gasteiger partial charge in [-0.2, -0.15) is 0 Å². The third-order valence-electron chi connectivity index (χ3n) is 4.66. The molecule has 0 bridgehead atoms. The Bertz CT molecular complexity index is 780. The van der Waals surface area contributed by atoms with Crippen molar-refractivity contribution in [3.8, 4) is 22.6 Å². The molecule has 4 nitrogen and oxygen atoms in total. The minimum atomic E-state index is -0.977. The van der Waals surface area contributed by atoms with E-state index in [9.17, 15) is 13.6 Å². The summed E-state index contributed by atoms with van der Waals surface area (Å²) < 4.78 is 39.4. The van der Waals surface area contributed by atoms with Crippen LogP contribution < -0.4 is 9.47 Å². The Morgan fingerprint density at radius 1 is 1.07 bits per heavy atom. The lowest BCUT2D eigenvalue weighted by atomic mass is 9.86. The molecule has 27 heavy (non-hydrogen) atoms. The molecule has 0 unspecified atom stereocenters. The Labute approximate surface area is 156 Å². The molecule has 0 aliphatic heterocycles. The molecule has 1 aliphatic rings. The second kappa shape index (κ2) is 8.84. The molecule has 0 spiro atoms. The van der Waals surface area contributed by atoms with Crippen LogP contribution in [0, 0.1) is 17.6 Å². The molecular weight excluding hydrogens is 354 g/mol. The Morgan fingerprint density at radius 2 is 1.81 bits per heavy atom. The third-order valence-corrected chi connectivity index (χ3v) is 4.66. The van der Waals surface area contributed by atoms with Gasteiger partial charge >= 0.3 is 5.97 Å². The topological polar surface area (TPSA) is 55.8 Å². The van der Waals surface area contributed by atoms with Crippen LogP contribution in [0.4, 0.5) is 8.78 Å². The van der Waals surface area contributed by atoms with Crippen molar-refractivity contribution in [2.45, 2.75) is 32.1 Å². The second-order valence-electron chi connectivity index (χ2n) is 6.75. The smallest absolute Gasteiger partial charge is 0.303 e. The van der Waals surface area contributed by atoms with Crippen LogP contribution in [0.3, 0.4) is 0 Å². The number of carboxylic acid groups (broad SMARTS) is 1. The van der Waals surface area contributed by atoms with Crippen LogP contribution in [0.5, 0.6) is 11.5 Å². The highest BCUT2D eigenvalue weighted by Crippen LogP contribution is 2.32. The van der Waals surface area contributed by atoms with Gasteiger partial charge in [0.2, 0.25) is 0 Å². The van der Waals surface area contributed by atoms with Crippen LogP contribution in [0.1, 0.15) is 32.1 Å².